The maximum absolute atomic E-state index is 8.48. The van der Waals surface area contributed by atoms with Crippen molar-refractivity contribution in [2.75, 3.05) is 0 Å². The summed E-state index contributed by atoms with van der Waals surface area (Å²) in [5.41, 5.74) is 0. The quantitative estimate of drug-likeness (QED) is 0.299. The fraction of sp³-hybridized carbons (Fsp3) is 0. The van der Waals surface area contributed by atoms with Crippen LogP contribution in [0.1, 0.15) is 0 Å². The van der Waals surface area contributed by atoms with Gasteiger partial charge in [0.05, 0.1) is 0 Å². The van der Waals surface area contributed by atoms with Crippen LogP contribution in [0, 0.1) is 38.6 Å². The van der Waals surface area contributed by atoms with Gasteiger partial charge in [-0.2, -0.15) is 0 Å². The van der Waals surface area contributed by atoms with Crippen molar-refractivity contribution >= 4 is 46.8 Å². The molecule has 0 N–H and O–H groups in total. The van der Waals surface area contributed by atoms with Crippen molar-refractivity contribution < 1.29 is 80.7 Å². The summed E-state index contributed by atoms with van der Waals surface area (Å²) in [5, 5.41) is 0. The van der Waals surface area contributed by atoms with Crippen molar-refractivity contribution in [3.05, 3.63) is 0 Å². The van der Waals surface area contributed by atoms with Gasteiger partial charge in [0, 0.05) is 0 Å². The molecule has 0 aliphatic rings. The first-order chi connectivity index (χ1) is 5.20. The topological polar surface area (TPSA) is 172 Å². The third kappa shape index (κ3) is 817. The molecule has 0 heterocycles. The molecule has 0 atom stereocenters. The standard InChI is InChI=1S/Mg.3HO3P.Tb.2H/c;3*1-4(2)3;;;/h;3*(H,1,2,3);;;/q;;;;+3;;/p-3. The molecule has 0 bridgehead atoms. The first kappa shape index (κ1) is 29.6. The van der Waals surface area contributed by atoms with Crippen LogP contribution in [0.25, 0.3) is 0 Å². The second-order valence-electron chi connectivity index (χ2n) is 0.671. The first-order valence-corrected chi connectivity index (χ1v) is 4.93. The Balaban J connectivity index is -0.0000000270. The third-order valence-corrected chi connectivity index (χ3v) is 0. The molecular weight excluding hydrogens is 420 g/mol. The molecular formula is H2MgO9P3Tb. The van der Waals surface area contributed by atoms with Crippen molar-refractivity contribution in [2.24, 2.45) is 0 Å². The van der Waals surface area contributed by atoms with E-state index in [0.29, 0.717) is 0 Å². The number of rotatable bonds is 0. The number of hydrogen-bond acceptors (Lipinski definition) is 9. The third-order valence-electron chi connectivity index (χ3n) is 0. The Morgan fingerprint density at radius 1 is 0.571 bits per heavy atom. The first-order valence-electron chi connectivity index (χ1n) is 1.64. The minimum absolute atomic E-state index is 0. The number of hydrogen-bond donors (Lipinski definition) is 0. The molecule has 0 aromatic heterocycles. The van der Waals surface area contributed by atoms with E-state index >= 15 is 0 Å². The van der Waals surface area contributed by atoms with Crippen molar-refractivity contribution in [2.45, 2.75) is 0 Å². The summed E-state index contributed by atoms with van der Waals surface area (Å²) >= 11 is 0. The van der Waals surface area contributed by atoms with Crippen LogP contribution in [0.15, 0.2) is 0 Å². The Hall–Kier alpha value is 1.63. The van der Waals surface area contributed by atoms with Gasteiger partial charge in [0.1, 0.15) is 0 Å². The fourth-order valence-corrected chi connectivity index (χ4v) is 0. The zero-order chi connectivity index (χ0) is 10.7. The largest absolute Gasteiger partial charge is 3.00 e. The van der Waals surface area contributed by atoms with Crippen LogP contribution in [0.5, 0.6) is 0 Å². The van der Waals surface area contributed by atoms with Crippen molar-refractivity contribution in [1.82, 2.24) is 0 Å². The summed E-state index contributed by atoms with van der Waals surface area (Å²) in [4.78, 5) is 25.4. The second-order valence-corrected chi connectivity index (χ2v) is 2.01. The van der Waals surface area contributed by atoms with Gasteiger partial charge in [0.25, 0.3) is 0 Å². The molecule has 14 heavy (non-hydrogen) atoms. The zero-order valence-corrected chi connectivity index (χ0v) is 10.2. The van der Waals surface area contributed by atoms with E-state index in [0.717, 1.165) is 0 Å². The van der Waals surface area contributed by atoms with Crippen molar-refractivity contribution in [3.63, 3.8) is 0 Å². The van der Waals surface area contributed by atoms with Gasteiger partial charge in [-0.25, -0.2) is 0 Å². The van der Waals surface area contributed by atoms with E-state index in [1.807, 2.05) is 0 Å². The Labute approximate surface area is 126 Å². The molecule has 0 aliphatic heterocycles. The Kier molecular flexibility index (Phi) is 50.9. The Morgan fingerprint density at radius 3 is 0.571 bits per heavy atom. The van der Waals surface area contributed by atoms with Crippen LogP contribution in [-0.4, -0.2) is 23.1 Å². The van der Waals surface area contributed by atoms with Gasteiger partial charge in [-0.05, 0) is 0 Å². The maximum Gasteiger partial charge on any atom is 3.00 e. The van der Waals surface area contributed by atoms with Gasteiger partial charge >= 0.3 is 61.7 Å². The van der Waals surface area contributed by atoms with Crippen LogP contribution in [0.2, 0.25) is 0 Å². The van der Waals surface area contributed by atoms with Crippen molar-refractivity contribution in [3.8, 4) is 0 Å². The van der Waals surface area contributed by atoms with E-state index in [2.05, 4.69) is 0 Å². The molecule has 0 saturated carbocycles. The minimum Gasteiger partial charge on any atom is -0.744 e. The van der Waals surface area contributed by atoms with Crippen LogP contribution < -0.4 is 14.7 Å². The SMILES string of the molecule is O=P(=O)[O-].O=P(=O)[O-].O=P(=O)[O-].[MgH2].[Tb+3]. The summed E-state index contributed by atoms with van der Waals surface area (Å²) in [6.07, 6.45) is 0. The van der Waals surface area contributed by atoms with E-state index in [-0.39, 0.29) is 61.7 Å². The molecule has 0 unspecified atom stereocenters. The smallest absolute Gasteiger partial charge is 0.744 e. The predicted molar refractivity (Wildman–Crippen MR) is 33.4 cm³/mol. The molecule has 0 aliphatic carbocycles. The zero-order valence-electron chi connectivity index (χ0n) is 5.35. The Morgan fingerprint density at radius 2 is 0.571 bits per heavy atom. The monoisotopic (exact) mass is 422 g/mol. The average Bonchev–Trinajstić information content (AvgIpc) is 1.54. The maximum atomic E-state index is 8.48. The normalized spacial score (nSPS) is 5.36. The summed E-state index contributed by atoms with van der Waals surface area (Å²) in [6, 6.07) is 0. The minimum atomic E-state index is -3.37. The van der Waals surface area contributed by atoms with E-state index in [4.69, 9.17) is 42.1 Å². The molecule has 0 aromatic rings. The van der Waals surface area contributed by atoms with E-state index < -0.39 is 23.7 Å². The molecule has 82 valence electrons. The van der Waals surface area contributed by atoms with Gasteiger partial charge in [-0.15, -0.1) is 0 Å². The van der Waals surface area contributed by atoms with Crippen LogP contribution in [-0.2, 0) is 27.4 Å². The molecule has 0 aromatic carbocycles. The van der Waals surface area contributed by atoms with Gasteiger partial charge < -0.3 is 14.7 Å². The Bertz CT molecular complexity index is 213. The molecule has 14 heteroatoms. The van der Waals surface area contributed by atoms with E-state index in [1.165, 1.54) is 0 Å². The van der Waals surface area contributed by atoms with E-state index in [9.17, 15) is 0 Å². The predicted octanol–water partition coefficient (Wildman–Crippen LogP) is -2.61. The molecule has 9 nitrogen and oxygen atoms in total. The summed E-state index contributed by atoms with van der Waals surface area (Å²) in [6.45, 7) is 0. The molecule has 0 fully saturated rings. The van der Waals surface area contributed by atoms with Crippen molar-refractivity contribution in [1.29, 1.82) is 0 Å². The summed E-state index contributed by atoms with van der Waals surface area (Å²) in [7, 11) is -10.1. The van der Waals surface area contributed by atoms with E-state index in [1.54, 1.807) is 0 Å². The second kappa shape index (κ2) is 24.1. The summed E-state index contributed by atoms with van der Waals surface area (Å²) < 4.78 is 50.9. The molecule has 0 saturated heterocycles. The van der Waals surface area contributed by atoms with Gasteiger partial charge in [0.2, 0.25) is 23.7 Å². The molecule has 0 radical (unpaired) electrons. The van der Waals surface area contributed by atoms with Gasteiger partial charge in [-0.3, -0.25) is 27.4 Å². The summed E-state index contributed by atoms with van der Waals surface area (Å²) in [5.74, 6) is 0. The van der Waals surface area contributed by atoms with Crippen LogP contribution in [0.4, 0.5) is 0 Å². The van der Waals surface area contributed by atoms with Crippen LogP contribution >= 0.6 is 23.7 Å². The van der Waals surface area contributed by atoms with Gasteiger partial charge in [-0.1, -0.05) is 0 Å². The molecule has 0 spiro atoms. The average molecular weight is 422 g/mol. The fourth-order valence-electron chi connectivity index (χ4n) is 0. The molecule has 0 amide bonds. The van der Waals surface area contributed by atoms with Gasteiger partial charge in [0.15, 0.2) is 0 Å². The molecule has 0 rings (SSSR count). The van der Waals surface area contributed by atoms with Crippen LogP contribution in [0.3, 0.4) is 0 Å².